The van der Waals surface area contributed by atoms with Gasteiger partial charge < -0.3 is 11.5 Å². The SMILES string of the molecule is CCN(CC(N)=O)S(=O)(=O)c1cc(Cl)cc(N)c1F. The molecule has 0 aliphatic heterocycles. The number of anilines is 1. The van der Waals surface area contributed by atoms with Gasteiger partial charge >= 0.3 is 0 Å². The lowest BCUT2D eigenvalue weighted by Crippen LogP contribution is -2.38. The van der Waals surface area contributed by atoms with Crippen molar-refractivity contribution in [3.63, 3.8) is 0 Å². The van der Waals surface area contributed by atoms with E-state index in [1.165, 1.54) is 6.92 Å². The Kier molecular flexibility index (Phi) is 4.72. The topological polar surface area (TPSA) is 106 Å². The Labute approximate surface area is 115 Å². The van der Waals surface area contributed by atoms with Gasteiger partial charge in [0.2, 0.25) is 15.9 Å². The molecule has 1 rings (SSSR count). The molecule has 0 unspecified atom stereocenters. The van der Waals surface area contributed by atoms with Crippen molar-refractivity contribution in [3.8, 4) is 0 Å². The lowest BCUT2D eigenvalue weighted by molar-refractivity contribution is -0.118. The smallest absolute Gasteiger partial charge is 0.246 e. The number of nitrogen functional groups attached to an aromatic ring is 1. The lowest BCUT2D eigenvalue weighted by atomic mass is 10.3. The van der Waals surface area contributed by atoms with Gasteiger partial charge in [-0.2, -0.15) is 4.31 Å². The molecule has 106 valence electrons. The molecule has 1 amide bonds. The highest BCUT2D eigenvalue weighted by atomic mass is 35.5. The van der Waals surface area contributed by atoms with Crippen molar-refractivity contribution in [2.75, 3.05) is 18.8 Å². The maximum absolute atomic E-state index is 13.8. The molecule has 0 spiro atoms. The van der Waals surface area contributed by atoms with Crippen LogP contribution in [0.1, 0.15) is 6.92 Å². The molecule has 19 heavy (non-hydrogen) atoms. The third kappa shape index (κ3) is 3.34. The fourth-order valence-corrected chi connectivity index (χ4v) is 3.28. The summed E-state index contributed by atoms with van der Waals surface area (Å²) in [4.78, 5) is 10.2. The minimum Gasteiger partial charge on any atom is -0.396 e. The maximum Gasteiger partial charge on any atom is 0.246 e. The first-order chi connectivity index (χ1) is 8.70. The zero-order valence-electron chi connectivity index (χ0n) is 10.1. The highest BCUT2D eigenvalue weighted by Gasteiger charge is 2.29. The number of halogens is 2. The maximum atomic E-state index is 13.8. The molecule has 0 radical (unpaired) electrons. The Morgan fingerprint density at radius 3 is 2.53 bits per heavy atom. The predicted molar refractivity (Wildman–Crippen MR) is 69.4 cm³/mol. The van der Waals surface area contributed by atoms with E-state index >= 15 is 0 Å². The molecule has 0 saturated carbocycles. The van der Waals surface area contributed by atoms with Crippen LogP contribution in [0.2, 0.25) is 5.02 Å². The number of hydrogen-bond donors (Lipinski definition) is 2. The first-order valence-corrected chi connectivity index (χ1v) is 7.05. The lowest BCUT2D eigenvalue weighted by Gasteiger charge is -2.19. The van der Waals surface area contributed by atoms with Gasteiger partial charge in [-0.15, -0.1) is 0 Å². The van der Waals surface area contributed by atoms with Crippen LogP contribution in [0, 0.1) is 5.82 Å². The third-order valence-electron chi connectivity index (χ3n) is 2.33. The number of carbonyl (C=O) groups excluding carboxylic acids is 1. The number of primary amides is 1. The van der Waals surface area contributed by atoms with Gasteiger partial charge in [0.05, 0.1) is 12.2 Å². The van der Waals surface area contributed by atoms with E-state index in [4.69, 9.17) is 23.1 Å². The van der Waals surface area contributed by atoms with Gasteiger partial charge in [-0.1, -0.05) is 18.5 Å². The van der Waals surface area contributed by atoms with Crippen LogP contribution in [0.15, 0.2) is 17.0 Å². The zero-order chi connectivity index (χ0) is 14.8. The van der Waals surface area contributed by atoms with E-state index in [1.807, 2.05) is 0 Å². The first kappa shape index (κ1) is 15.7. The van der Waals surface area contributed by atoms with Crippen LogP contribution >= 0.6 is 11.6 Å². The second kappa shape index (κ2) is 5.72. The van der Waals surface area contributed by atoms with Crippen LogP contribution in [-0.2, 0) is 14.8 Å². The number of nitrogens with zero attached hydrogens (tertiary/aromatic N) is 1. The van der Waals surface area contributed by atoms with E-state index in [0.29, 0.717) is 0 Å². The summed E-state index contributed by atoms with van der Waals surface area (Å²) in [6.45, 7) is 0.897. The summed E-state index contributed by atoms with van der Waals surface area (Å²) in [5.74, 6) is -1.95. The summed E-state index contributed by atoms with van der Waals surface area (Å²) in [6, 6.07) is 2.03. The summed E-state index contributed by atoms with van der Waals surface area (Å²) in [7, 11) is -4.23. The molecule has 1 aromatic rings. The minimum atomic E-state index is -4.23. The minimum absolute atomic E-state index is 0.0207. The normalized spacial score (nSPS) is 11.8. The Bertz CT molecular complexity index is 606. The van der Waals surface area contributed by atoms with Crippen LogP contribution < -0.4 is 11.5 Å². The van der Waals surface area contributed by atoms with Crippen molar-refractivity contribution in [2.24, 2.45) is 5.73 Å². The van der Waals surface area contributed by atoms with Crippen LogP contribution in [0.5, 0.6) is 0 Å². The zero-order valence-corrected chi connectivity index (χ0v) is 11.6. The second-order valence-electron chi connectivity index (χ2n) is 3.70. The van der Waals surface area contributed by atoms with E-state index in [-0.39, 0.29) is 17.3 Å². The highest BCUT2D eigenvalue weighted by molar-refractivity contribution is 7.89. The number of amides is 1. The van der Waals surface area contributed by atoms with Crippen molar-refractivity contribution in [1.29, 1.82) is 0 Å². The van der Waals surface area contributed by atoms with Gasteiger partial charge in [-0.25, -0.2) is 12.8 Å². The Morgan fingerprint density at radius 1 is 1.47 bits per heavy atom. The van der Waals surface area contributed by atoms with Crippen molar-refractivity contribution in [1.82, 2.24) is 4.31 Å². The molecule has 0 aromatic heterocycles. The third-order valence-corrected chi connectivity index (χ3v) is 4.47. The Hall–Kier alpha value is -1.38. The van der Waals surface area contributed by atoms with Crippen LogP contribution in [0.4, 0.5) is 10.1 Å². The average molecular weight is 310 g/mol. The molecular weight excluding hydrogens is 297 g/mol. The van der Waals surface area contributed by atoms with Gasteiger partial charge in [-0.05, 0) is 12.1 Å². The molecule has 0 bridgehead atoms. The van der Waals surface area contributed by atoms with Crippen LogP contribution in [-0.4, -0.2) is 31.7 Å². The van der Waals surface area contributed by atoms with E-state index in [1.54, 1.807) is 0 Å². The van der Waals surface area contributed by atoms with Crippen LogP contribution in [0.25, 0.3) is 0 Å². The molecule has 0 aliphatic carbocycles. The number of benzene rings is 1. The molecule has 6 nitrogen and oxygen atoms in total. The summed E-state index contributed by atoms with van der Waals surface area (Å²) in [5, 5.41) is -0.0207. The molecule has 0 atom stereocenters. The van der Waals surface area contributed by atoms with Gasteiger partial charge in [-0.3, -0.25) is 4.79 Å². The number of sulfonamides is 1. The van der Waals surface area contributed by atoms with Crippen molar-refractivity contribution in [2.45, 2.75) is 11.8 Å². The van der Waals surface area contributed by atoms with Crippen LogP contribution in [0.3, 0.4) is 0 Å². The summed E-state index contributed by atoms with van der Waals surface area (Å²) >= 11 is 5.66. The largest absolute Gasteiger partial charge is 0.396 e. The molecule has 0 heterocycles. The van der Waals surface area contributed by atoms with E-state index in [9.17, 15) is 17.6 Å². The Morgan fingerprint density at radius 2 is 2.05 bits per heavy atom. The molecule has 4 N–H and O–H groups in total. The number of likely N-dealkylation sites (N-methyl/N-ethyl adjacent to an activating group) is 1. The molecular formula is C10H13ClFN3O3S. The Balaban J connectivity index is 3.37. The first-order valence-electron chi connectivity index (χ1n) is 5.23. The fraction of sp³-hybridized carbons (Fsp3) is 0.300. The molecule has 0 fully saturated rings. The number of hydrogen-bond acceptors (Lipinski definition) is 4. The van der Waals surface area contributed by atoms with Gasteiger partial charge in [0.25, 0.3) is 0 Å². The molecule has 1 aromatic carbocycles. The standard InChI is InChI=1S/C10H13ClFN3O3S/c1-2-15(5-9(14)16)19(17,18)8-4-6(11)3-7(13)10(8)12/h3-4H,2,5,13H2,1H3,(H2,14,16). The van der Waals surface area contributed by atoms with Gasteiger partial charge in [0.1, 0.15) is 4.90 Å². The van der Waals surface area contributed by atoms with Crippen molar-refractivity contribution >= 4 is 33.2 Å². The van der Waals surface area contributed by atoms with Crippen molar-refractivity contribution in [3.05, 3.63) is 23.0 Å². The highest BCUT2D eigenvalue weighted by Crippen LogP contribution is 2.27. The van der Waals surface area contributed by atoms with Crippen molar-refractivity contribution < 1.29 is 17.6 Å². The average Bonchev–Trinajstić information content (AvgIpc) is 2.30. The van der Waals surface area contributed by atoms with E-state index in [2.05, 4.69) is 0 Å². The fourth-order valence-electron chi connectivity index (χ4n) is 1.45. The summed E-state index contributed by atoms with van der Waals surface area (Å²) in [6.07, 6.45) is 0. The number of rotatable bonds is 5. The number of carbonyl (C=O) groups is 1. The van der Waals surface area contributed by atoms with E-state index < -0.39 is 33.2 Å². The van der Waals surface area contributed by atoms with E-state index in [0.717, 1.165) is 16.4 Å². The monoisotopic (exact) mass is 309 g/mol. The summed E-state index contributed by atoms with van der Waals surface area (Å²) in [5.41, 5.74) is 9.89. The predicted octanol–water partition coefficient (Wildman–Crippen LogP) is 0.557. The van der Waals surface area contributed by atoms with Gasteiger partial charge in [0, 0.05) is 11.6 Å². The number of nitrogens with two attached hydrogens (primary N) is 2. The quantitative estimate of drug-likeness (QED) is 0.775. The molecule has 0 aliphatic rings. The molecule has 0 saturated heterocycles. The second-order valence-corrected chi connectivity index (χ2v) is 6.05. The molecule has 9 heteroatoms. The summed E-state index contributed by atoms with van der Waals surface area (Å²) < 4.78 is 38.9. The van der Waals surface area contributed by atoms with Gasteiger partial charge in [0.15, 0.2) is 5.82 Å².